The molecule has 3 atom stereocenters. The largest absolute Gasteiger partial charge is 0.396 e. The van der Waals surface area contributed by atoms with Crippen LogP contribution in [0.5, 0.6) is 0 Å². The molecule has 1 saturated carbocycles. The molecule has 1 N–H and O–H groups in total. The summed E-state index contributed by atoms with van der Waals surface area (Å²) in [4.78, 5) is 0. The second-order valence-electron chi connectivity index (χ2n) is 4.63. The van der Waals surface area contributed by atoms with Crippen molar-refractivity contribution in [2.75, 3.05) is 6.61 Å². The molecule has 0 aliphatic heterocycles. The number of aliphatic hydroxyl groups is 1. The van der Waals surface area contributed by atoms with Gasteiger partial charge in [-0.2, -0.15) is 0 Å². The van der Waals surface area contributed by atoms with Crippen molar-refractivity contribution in [3.8, 4) is 0 Å². The molecule has 0 bridgehead atoms. The molecule has 0 amide bonds. The molecule has 0 unspecified atom stereocenters. The van der Waals surface area contributed by atoms with Gasteiger partial charge in [-0.15, -0.1) is 0 Å². The van der Waals surface area contributed by atoms with E-state index in [9.17, 15) is 4.39 Å². The van der Waals surface area contributed by atoms with Crippen LogP contribution in [0.15, 0.2) is 12.1 Å². The lowest BCUT2D eigenvalue weighted by Crippen LogP contribution is -1.96. The van der Waals surface area contributed by atoms with Crippen molar-refractivity contribution in [2.24, 2.45) is 5.92 Å². The quantitative estimate of drug-likeness (QED) is 0.792. The fraction of sp³-hybridized carbons (Fsp3) is 0.538. The van der Waals surface area contributed by atoms with Crippen LogP contribution in [0.3, 0.4) is 0 Å². The molecular formula is C13H17FO. The molecule has 0 aromatic heterocycles. The maximum absolute atomic E-state index is 13.4. The highest BCUT2D eigenvalue weighted by Crippen LogP contribution is 2.51. The van der Waals surface area contributed by atoms with Crippen molar-refractivity contribution < 1.29 is 9.50 Å². The van der Waals surface area contributed by atoms with E-state index in [1.165, 1.54) is 5.56 Å². The molecule has 0 saturated heterocycles. The molecular weight excluding hydrogens is 191 g/mol. The van der Waals surface area contributed by atoms with Crippen molar-refractivity contribution in [2.45, 2.75) is 32.9 Å². The predicted octanol–water partition coefficient (Wildman–Crippen LogP) is 2.66. The molecule has 2 rings (SSSR count). The maximum Gasteiger partial charge on any atom is 0.113 e. The SMILES string of the molecule is Cc1cc(C)c([C@H]2[C@@H](F)[C@@H]2CO)c(C)c1. The lowest BCUT2D eigenvalue weighted by atomic mass is 9.95. The Morgan fingerprint density at radius 3 is 2.13 bits per heavy atom. The van der Waals surface area contributed by atoms with Crippen LogP contribution in [0.25, 0.3) is 0 Å². The molecule has 1 nitrogen and oxygen atoms in total. The first-order chi connectivity index (χ1) is 7.06. The number of rotatable bonds is 2. The minimum absolute atomic E-state index is 0.0431. The molecule has 15 heavy (non-hydrogen) atoms. The van der Waals surface area contributed by atoms with Crippen molar-refractivity contribution >= 4 is 0 Å². The Labute approximate surface area is 89.9 Å². The van der Waals surface area contributed by atoms with Gasteiger partial charge in [0.2, 0.25) is 0 Å². The molecule has 1 aliphatic carbocycles. The molecule has 1 fully saturated rings. The average molecular weight is 208 g/mol. The number of hydrogen-bond donors (Lipinski definition) is 1. The Morgan fingerprint density at radius 2 is 1.73 bits per heavy atom. The molecule has 0 radical (unpaired) electrons. The van der Waals surface area contributed by atoms with Gasteiger partial charge in [0.15, 0.2) is 0 Å². The summed E-state index contributed by atoms with van der Waals surface area (Å²) in [6.45, 7) is 6.05. The summed E-state index contributed by atoms with van der Waals surface area (Å²) >= 11 is 0. The van der Waals surface area contributed by atoms with E-state index in [4.69, 9.17) is 5.11 Å². The first-order valence-electron chi connectivity index (χ1n) is 5.39. The standard InChI is InChI=1S/C13H17FO/c1-7-4-8(2)11(9(3)5-7)12-10(6-15)13(12)14/h4-5,10,12-13,15H,6H2,1-3H3/t10-,12+,13+/m1/s1. The minimum Gasteiger partial charge on any atom is -0.396 e. The van der Waals surface area contributed by atoms with E-state index in [2.05, 4.69) is 12.1 Å². The number of halogens is 1. The first-order valence-corrected chi connectivity index (χ1v) is 5.39. The molecule has 0 spiro atoms. The Morgan fingerprint density at radius 1 is 1.20 bits per heavy atom. The summed E-state index contributed by atoms with van der Waals surface area (Å²) in [5.41, 5.74) is 4.62. The normalized spacial score (nSPS) is 29.3. The Kier molecular flexibility index (Phi) is 2.55. The first kappa shape index (κ1) is 10.6. The topological polar surface area (TPSA) is 20.2 Å². The highest BCUT2D eigenvalue weighted by atomic mass is 19.1. The summed E-state index contributed by atoms with van der Waals surface area (Å²) in [5.74, 6) is -0.249. The highest BCUT2D eigenvalue weighted by molar-refractivity contribution is 5.44. The molecule has 0 heterocycles. The van der Waals surface area contributed by atoms with Crippen molar-refractivity contribution in [1.29, 1.82) is 0 Å². The van der Waals surface area contributed by atoms with Gasteiger partial charge in [0.1, 0.15) is 6.17 Å². The van der Waals surface area contributed by atoms with Gasteiger partial charge in [0.25, 0.3) is 0 Å². The summed E-state index contributed by atoms with van der Waals surface area (Å²) < 4.78 is 13.4. The van der Waals surface area contributed by atoms with Crippen LogP contribution in [0.1, 0.15) is 28.2 Å². The molecule has 1 aliphatic rings. The fourth-order valence-corrected chi connectivity index (χ4v) is 2.64. The Hall–Kier alpha value is -0.890. The molecule has 1 aromatic rings. The summed E-state index contributed by atoms with van der Waals surface area (Å²) in [5, 5.41) is 9.00. The zero-order valence-electron chi connectivity index (χ0n) is 9.42. The summed E-state index contributed by atoms with van der Waals surface area (Å²) in [7, 11) is 0. The van der Waals surface area contributed by atoms with E-state index in [1.54, 1.807) is 0 Å². The molecule has 1 aromatic carbocycles. The van der Waals surface area contributed by atoms with Crippen molar-refractivity contribution in [3.05, 3.63) is 34.4 Å². The van der Waals surface area contributed by atoms with Crippen molar-refractivity contribution in [1.82, 2.24) is 0 Å². The van der Waals surface area contributed by atoms with Crippen LogP contribution in [0.2, 0.25) is 0 Å². The second kappa shape index (κ2) is 3.60. The third-order valence-corrected chi connectivity index (χ3v) is 3.35. The van der Waals surface area contributed by atoms with Crippen LogP contribution in [-0.4, -0.2) is 17.9 Å². The Balaban J connectivity index is 2.38. The van der Waals surface area contributed by atoms with Crippen molar-refractivity contribution in [3.63, 3.8) is 0 Å². The van der Waals surface area contributed by atoms with Gasteiger partial charge in [-0.1, -0.05) is 17.7 Å². The maximum atomic E-state index is 13.4. The van der Waals surface area contributed by atoms with Gasteiger partial charge in [-0.05, 0) is 37.5 Å². The average Bonchev–Trinajstić information content (AvgIpc) is 2.75. The van der Waals surface area contributed by atoms with E-state index >= 15 is 0 Å². The van der Waals surface area contributed by atoms with Gasteiger partial charge in [0.05, 0.1) is 0 Å². The van der Waals surface area contributed by atoms with E-state index < -0.39 is 6.17 Å². The van der Waals surface area contributed by atoms with E-state index in [1.807, 2.05) is 20.8 Å². The zero-order chi connectivity index (χ0) is 11.2. The van der Waals surface area contributed by atoms with Crippen LogP contribution < -0.4 is 0 Å². The van der Waals surface area contributed by atoms with Gasteiger partial charge in [-0.3, -0.25) is 0 Å². The lowest BCUT2D eigenvalue weighted by Gasteiger charge is -2.10. The number of hydrogen-bond acceptors (Lipinski definition) is 1. The van der Waals surface area contributed by atoms with Crippen LogP contribution in [0, 0.1) is 26.7 Å². The minimum atomic E-state index is -0.852. The number of alkyl halides is 1. The second-order valence-corrected chi connectivity index (χ2v) is 4.63. The summed E-state index contributed by atoms with van der Waals surface area (Å²) in [6, 6.07) is 4.17. The van der Waals surface area contributed by atoms with Crippen LogP contribution in [0.4, 0.5) is 4.39 Å². The number of aryl methyl sites for hydroxylation is 3. The van der Waals surface area contributed by atoms with Gasteiger partial charge >= 0.3 is 0 Å². The molecule has 2 heteroatoms. The third kappa shape index (κ3) is 1.67. The lowest BCUT2D eigenvalue weighted by molar-refractivity contribution is 0.257. The monoisotopic (exact) mass is 208 g/mol. The van der Waals surface area contributed by atoms with Crippen LogP contribution >= 0.6 is 0 Å². The van der Waals surface area contributed by atoms with Gasteiger partial charge < -0.3 is 5.11 Å². The van der Waals surface area contributed by atoms with E-state index in [0.29, 0.717) is 0 Å². The van der Waals surface area contributed by atoms with Crippen LogP contribution in [-0.2, 0) is 0 Å². The Bertz CT molecular complexity index is 363. The fourth-order valence-electron chi connectivity index (χ4n) is 2.64. The van der Waals surface area contributed by atoms with E-state index in [0.717, 1.165) is 16.7 Å². The third-order valence-electron chi connectivity index (χ3n) is 3.35. The predicted molar refractivity (Wildman–Crippen MR) is 58.9 cm³/mol. The molecule has 82 valence electrons. The number of aliphatic hydroxyl groups excluding tert-OH is 1. The smallest absolute Gasteiger partial charge is 0.113 e. The number of benzene rings is 1. The zero-order valence-corrected chi connectivity index (χ0v) is 9.42. The summed E-state index contributed by atoms with van der Waals surface area (Å²) in [6.07, 6.45) is -0.852. The highest BCUT2D eigenvalue weighted by Gasteiger charge is 2.52. The van der Waals surface area contributed by atoms with Gasteiger partial charge in [-0.25, -0.2) is 4.39 Å². The van der Waals surface area contributed by atoms with E-state index in [-0.39, 0.29) is 18.4 Å². The van der Waals surface area contributed by atoms with Gasteiger partial charge in [0, 0.05) is 18.4 Å².